The van der Waals surface area contributed by atoms with Gasteiger partial charge in [0.15, 0.2) is 0 Å². The standard InChI is InChI=1S/C13H13NO4/c15-12(16)10-9(8-4-2-1-3-5-8)6-7-14-11(10)13(17)18/h1-5,11,14H,6-7H2,(H,15,16)(H,17,18). The van der Waals surface area contributed by atoms with Gasteiger partial charge in [0, 0.05) is 6.54 Å². The Labute approximate surface area is 104 Å². The molecule has 5 heteroatoms. The molecule has 0 saturated carbocycles. The van der Waals surface area contributed by atoms with Crippen LogP contribution in [-0.4, -0.2) is 34.7 Å². The Kier molecular flexibility index (Phi) is 3.43. The third-order valence-electron chi connectivity index (χ3n) is 2.94. The van der Waals surface area contributed by atoms with Gasteiger partial charge in [0.2, 0.25) is 0 Å². The molecule has 94 valence electrons. The minimum absolute atomic E-state index is 0.0695. The Bertz CT molecular complexity index is 507. The van der Waals surface area contributed by atoms with Gasteiger partial charge in [-0.2, -0.15) is 0 Å². The number of carbonyl (C=O) groups is 2. The monoisotopic (exact) mass is 247 g/mol. The Morgan fingerprint density at radius 1 is 1.17 bits per heavy atom. The largest absolute Gasteiger partial charge is 0.480 e. The zero-order valence-electron chi connectivity index (χ0n) is 9.59. The summed E-state index contributed by atoms with van der Waals surface area (Å²) < 4.78 is 0. The van der Waals surface area contributed by atoms with Crippen LogP contribution in [0.4, 0.5) is 0 Å². The maximum absolute atomic E-state index is 11.3. The van der Waals surface area contributed by atoms with Crippen molar-refractivity contribution in [1.29, 1.82) is 0 Å². The van der Waals surface area contributed by atoms with E-state index in [-0.39, 0.29) is 5.57 Å². The number of hydrogen-bond acceptors (Lipinski definition) is 3. The zero-order valence-corrected chi connectivity index (χ0v) is 9.59. The second-order valence-electron chi connectivity index (χ2n) is 4.04. The molecule has 1 aromatic rings. The molecular weight excluding hydrogens is 234 g/mol. The summed E-state index contributed by atoms with van der Waals surface area (Å²) >= 11 is 0. The molecule has 0 saturated heterocycles. The lowest BCUT2D eigenvalue weighted by molar-refractivity contribution is -0.141. The number of rotatable bonds is 3. The van der Waals surface area contributed by atoms with Crippen LogP contribution in [0.2, 0.25) is 0 Å². The molecule has 0 radical (unpaired) electrons. The van der Waals surface area contributed by atoms with Crippen molar-refractivity contribution in [1.82, 2.24) is 5.32 Å². The van der Waals surface area contributed by atoms with Crippen LogP contribution in [0.15, 0.2) is 35.9 Å². The van der Waals surface area contributed by atoms with Gasteiger partial charge in [-0.25, -0.2) is 4.79 Å². The molecule has 1 aliphatic heterocycles. The first-order valence-electron chi connectivity index (χ1n) is 5.59. The summed E-state index contributed by atoms with van der Waals surface area (Å²) in [5, 5.41) is 21.0. The second-order valence-corrected chi connectivity index (χ2v) is 4.04. The first-order valence-corrected chi connectivity index (χ1v) is 5.59. The first-order chi connectivity index (χ1) is 8.61. The molecule has 1 unspecified atom stereocenters. The topological polar surface area (TPSA) is 86.6 Å². The highest BCUT2D eigenvalue weighted by atomic mass is 16.4. The van der Waals surface area contributed by atoms with Gasteiger partial charge in [-0.1, -0.05) is 30.3 Å². The molecule has 0 bridgehead atoms. The van der Waals surface area contributed by atoms with E-state index < -0.39 is 18.0 Å². The van der Waals surface area contributed by atoms with Gasteiger partial charge in [0.05, 0.1) is 5.57 Å². The molecule has 1 heterocycles. The molecule has 5 nitrogen and oxygen atoms in total. The Morgan fingerprint density at radius 2 is 1.83 bits per heavy atom. The van der Waals surface area contributed by atoms with E-state index in [1.165, 1.54) is 0 Å². The second kappa shape index (κ2) is 5.01. The Morgan fingerprint density at radius 3 is 2.39 bits per heavy atom. The van der Waals surface area contributed by atoms with Crippen LogP contribution in [0.3, 0.4) is 0 Å². The minimum Gasteiger partial charge on any atom is -0.480 e. The fraction of sp³-hybridized carbons (Fsp3) is 0.231. The fourth-order valence-electron chi connectivity index (χ4n) is 2.15. The molecule has 0 amide bonds. The van der Waals surface area contributed by atoms with Crippen LogP contribution in [0.1, 0.15) is 12.0 Å². The summed E-state index contributed by atoms with van der Waals surface area (Å²) in [4.78, 5) is 22.4. The van der Waals surface area contributed by atoms with Crippen molar-refractivity contribution in [3.05, 3.63) is 41.5 Å². The summed E-state index contributed by atoms with van der Waals surface area (Å²) in [7, 11) is 0. The maximum atomic E-state index is 11.3. The molecule has 0 aliphatic carbocycles. The molecule has 2 rings (SSSR count). The number of benzene rings is 1. The van der Waals surface area contributed by atoms with E-state index in [1.54, 1.807) is 24.3 Å². The fourth-order valence-corrected chi connectivity index (χ4v) is 2.15. The van der Waals surface area contributed by atoms with Gasteiger partial charge in [-0.3, -0.25) is 4.79 Å². The maximum Gasteiger partial charge on any atom is 0.334 e. The molecule has 1 aliphatic rings. The minimum atomic E-state index is -1.19. The van der Waals surface area contributed by atoms with Crippen LogP contribution >= 0.6 is 0 Å². The summed E-state index contributed by atoms with van der Waals surface area (Å²) in [5.41, 5.74) is 1.29. The van der Waals surface area contributed by atoms with Gasteiger partial charge in [0.25, 0.3) is 0 Å². The summed E-state index contributed by atoms with van der Waals surface area (Å²) in [5.74, 6) is -2.35. The number of hydrogen-bond donors (Lipinski definition) is 3. The summed E-state index contributed by atoms with van der Waals surface area (Å²) in [6.07, 6.45) is 0.509. The van der Waals surface area contributed by atoms with Gasteiger partial charge in [-0.05, 0) is 17.6 Å². The highest BCUT2D eigenvalue weighted by molar-refractivity contribution is 6.04. The Balaban J connectivity index is 2.55. The van der Waals surface area contributed by atoms with Gasteiger partial charge < -0.3 is 15.5 Å². The van der Waals surface area contributed by atoms with Crippen molar-refractivity contribution in [3.63, 3.8) is 0 Å². The molecule has 0 fully saturated rings. The van der Waals surface area contributed by atoms with Gasteiger partial charge in [-0.15, -0.1) is 0 Å². The number of aliphatic carboxylic acids is 2. The van der Waals surface area contributed by atoms with Crippen LogP contribution < -0.4 is 5.32 Å². The predicted molar refractivity (Wildman–Crippen MR) is 65.0 cm³/mol. The predicted octanol–water partition coefficient (Wildman–Crippen LogP) is 0.971. The van der Waals surface area contributed by atoms with Gasteiger partial charge >= 0.3 is 11.9 Å². The van der Waals surface area contributed by atoms with E-state index in [9.17, 15) is 14.7 Å². The van der Waals surface area contributed by atoms with Gasteiger partial charge in [0.1, 0.15) is 6.04 Å². The average molecular weight is 247 g/mol. The summed E-state index contributed by atoms with van der Waals surface area (Å²) in [6, 6.07) is 7.89. The lowest BCUT2D eigenvalue weighted by atomic mass is 9.89. The number of carboxylic acid groups (broad SMARTS) is 2. The van der Waals surface area contributed by atoms with Crippen molar-refractivity contribution in [2.75, 3.05) is 6.54 Å². The molecule has 0 spiro atoms. The van der Waals surface area contributed by atoms with Crippen LogP contribution in [0, 0.1) is 0 Å². The van der Waals surface area contributed by atoms with Crippen LogP contribution in [0.5, 0.6) is 0 Å². The third-order valence-corrected chi connectivity index (χ3v) is 2.94. The van der Waals surface area contributed by atoms with Crippen molar-refractivity contribution in [2.45, 2.75) is 12.5 Å². The molecule has 0 aromatic heterocycles. The van der Waals surface area contributed by atoms with E-state index in [4.69, 9.17) is 5.11 Å². The average Bonchev–Trinajstić information content (AvgIpc) is 2.38. The van der Waals surface area contributed by atoms with E-state index in [1.807, 2.05) is 6.07 Å². The lowest BCUT2D eigenvalue weighted by Gasteiger charge is -2.25. The number of nitrogens with one attached hydrogen (secondary N) is 1. The van der Waals surface area contributed by atoms with Crippen molar-refractivity contribution in [3.8, 4) is 0 Å². The van der Waals surface area contributed by atoms with E-state index in [0.717, 1.165) is 5.56 Å². The normalized spacial score (nSPS) is 19.7. The molecule has 1 atom stereocenters. The van der Waals surface area contributed by atoms with Crippen molar-refractivity contribution in [2.24, 2.45) is 0 Å². The molecule has 18 heavy (non-hydrogen) atoms. The van der Waals surface area contributed by atoms with E-state index in [0.29, 0.717) is 18.5 Å². The van der Waals surface area contributed by atoms with Crippen molar-refractivity contribution < 1.29 is 19.8 Å². The third kappa shape index (κ3) is 2.26. The quantitative estimate of drug-likeness (QED) is 0.741. The first kappa shape index (κ1) is 12.3. The van der Waals surface area contributed by atoms with Crippen LogP contribution in [0.25, 0.3) is 5.57 Å². The highest BCUT2D eigenvalue weighted by Gasteiger charge is 2.33. The smallest absolute Gasteiger partial charge is 0.334 e. The van der Waals surface area contributed by atoms with E-state index >= 15 is 0 Å². The zero-order chi connectivity index (χ0) is 13.1. The van der Waals surface area contributed by atoms with Crippen molar-refractivity contribution >= 4 is 17.5 Å². The summed E-state index contributed by atoms with van der Waals surface area (Å²) in [6.45, 7) is 0.456. The molecular formula is C13H13NO4. The number of carboxylic acids is 2. The highest BCUT2D eigenvalue weighted by Crippen LogP contribution is 2.27. The SMILES string of the molecule is O=C(O)C1=C(c2ccccc2)CCNC1C(=O)O. The molecule has 1 aromatic carbocycles. The lowest BCUT2D eigenvalue weighted by Crippen LogP contribution is -2.44. The van der Waals surface area contributed by atoms with Crippen LogP contribution in [-0.2, 0) is 9.59 Å². The Hall–Kier alpha value is -2.14. The van der Waals surface area contributed by atoms with E-state index in [2.05, 4.69) is 5.32 Å². The molecule has 3 N–H and O–H groups in total.